The van der Waals surface area contributed by atoms with Crippen molar-refractivity contribution in [3.05, 3.63) is 63.8 Å². The molecule has 1 aromatic carbocycles. The monoisotopic (exact) mass is 324 g/mol. The summed E-state index contributed by atoms with van der Waals surface area (Å²) in [6, 6.07) is 9.95. The Morgan fingerprint density at radius 1 is 1.38 bits per heavy atom. The van der Waals surface area contributed by atoms with Crippen molar-refractivity contribution < 1.29 is 9.53 Å². The average molecular weight is 324 g/mol. The molecule has 1 aliphatic rings. The molecule has 1 atom stereocenters. The van der Waals surface area contributed by atoms with Gasteiger partial charge in [-0.2, -0.15) is 0 Å². The van der Waals surface area contributed by atoms with Crippen LogP contribution in [0.25, 0.3) is 11.6 Å². The highest BCUT2D eigenvalue weighted by atomic mass is 16.5. The number of hydrogen-bond donors (Lipinski definition) is 0. The van der Waals surface area contributed by atoms with Crippen LogP contribution >= 0.6 is 0 Å². The Balaban J connectivity index is 2.08. The lowest BCUT2D eigenvalue weighted by Crippen LogP contribution is -2.34. The van der Waals surface area contributed by atoms with E-state index in [9.17, 15) is 9.59 Å². The van der Waals surface area contributed by atoms with Gasteiger partial charge < -0.3 is 4.74 Å². The number of carbonyl (C=O) groups excluding carboxylic acids is 1. The molecule has 0 fully saturated rings. The van der Waals surface area contributed by atoms with Crippen molar-refractivity contribution in [3.63, 3.8) is 0 Å². The van der Waals surface area contributed by atoms with Gasteiger partial charge in [0, 0.05) is 12.7 Å². The molecule has 1 aliphatic heterocycles. The first-order chi connectivity index (χ1) is 11.6. The largest absolute Gasteiger partial charge is 0.462 e. The molecule has 0 amide bonds. The zero-order chi connectivity index (χ0) is 17.1. The molecule has 0 spiro atoms. The van der Waals surface area contributed by atoms with Gasteiger partial charge in [0.05, 0.1) is 6.61 Å². The van der Waals surface area contributed by atoms with E-state index in [4.69, 9.17) is 4.74 Å². The number of nitrogens with zero attached hydrogens (tertiary/aromatic N) is 2. The molecule has 2 heterocycles. The van der Waals surface area contributed by atoms with Gasteiger partial charge in [0.2, 0.25) is 0 Å². The second-order valence-corrected chi connectivity index (χ2v) is 6.02. The van der Waals surface area contributed by atoms with E-state index < -0.39 is 5.97 Å². The lowest BCUT2D eigenvalue weighted by Gasteiger charge is -2.25. The molecule has 24 heavy (non-hydrogen) atoms. The van der Waals surface area contributed by atoms with E-state index in [1.807, 2.05) is 30.3 Å². The molecule has 5 heteroatoms. The minimum Gasteiger partial charge on any atom is -0.462 e. The third-order valence-electron chi connectivity index (χ3n) is 4.03. The number of allylic oxidation sites excluding steroid dienone is 1. The van der Waals surface area contributed by atoms with Crippen LogP contribution in [0.5, 0.6) is 0 Å². The van der Waals surface area contributed by atoms with Gasteiger partial charge in [-0.3, -0.25) is 9.36 Å². The summed E-state index contributed by atoms with van der Waals surface area (Å²) in [5, 5.41) is 0. The molecule has 3 rings (SSSR count). The lowest BCUT2D eigenvalue weighted by molar-refractivity contribution is 0.0522. The van der Waals surface area contributed by atoms with Crippen LogP contribution in [-0.4, -0.2) is 22.1 Å². The quantitative estimate of drug-likeness (QED) is 0.814. The zero-order valence-electron chi connectivity index (χ0n) is 13.9. The molecule has 0 saturated heterocycles. The maximum Gasteiger partial charge on any atom is 0.345 e. The number of aromatic nitrogens is 2. The van der Waals surface area contributed by atoms with E-state index in [0.29, 0.717) is 18.3 Å². The Bertz CT molecular complexity index is 837. The van der Waals surface area contributed by atoms with Crippen molar-refractivity contribution in [2.24, 2.45) is 5.92 Å². The molecule has 0 saturated carbocycles. The van der Waals surface area contributed by atoms with Crippen molar-refractivity contribution in [3.8, 4) is 0 Å². The van der Waals surface area contributed by atoms with Crippen molar-refractivity contribution in [1.82, 2.24) is 9.55 Å². The van der Waals surface area contributed by atoms with Crippen LogP contribution in [0.15, 0.2) is 41.3 Å². The van der Waals surface area contributed by atoms with E-state index in [2.05, 4.69) is 18.0 Å². The third kappa shape index (κ3) is 3.15. The number of esters is 1. The fraction of sp³-hybridized carbons (Fsp3) is 0.316. The first kappa shape index (κ1) is 16.2. The topological polar surface area (TPSA) is 61.2 Å². The Morgan fingerprint density at radius 3 is 2.83 bits per heavy atom. The van der Waals surface area contributed by atoms with Gasteiger partial charge in [-0.15, -0.1) is 0 Å². The maximum absolute atomic E-state index is 12.7. The molecular formula is C19H20N2O3. The van der Waals surface area contributed by atoms with Crippen molar-refractivity contribution >= 4 is 17.6 Å². The van der Waals surface area contributed by atoms with E-state index in [1.54, 1.807) is 11.5 Å². The number of ether oxygens (including phenoxy) is 1. The van der Waals surface area contributed by atoms with Gasteiger partial charge in [0.1, 0.15) is 11.4 Å². The molecular weight excluding hydrogens is 304 g/mol. The van der Waals surface area contributed by atoms with Crippen LogP contribution in [0.1, 0.15) is 42.0 Å². The summed E-state index contributed by atoms with van der Waals surface area (Å²) in [6.07, 6.45) is 4.24. The van der Waals surface area contributed by atoms with E-state index in [0.717, 1.165) is 17.6 Å². The summed E-state index contributed by atoms with van der Waals surface area (Å²) in [5.74, 6) is 0.316. The van der Waals surface area contributed by atoms with E-state index in [-0.39, 0.29) is 17.7 Å². The fourth-order valence-electron chi connectivity index (χ4n) is 2.98. The van der Waals surface area contributed by atoms with Crippen LogP contribution in [0.4, 0.5) is 0 Å². The van der Waals surface area contributed by atoms with Crippen LogP contribution in [-0.2, 0) is 11.3 Å². The molecule has 1 aromatic heterocycles. The number of rotatable bonds is 3. The average Bonchev–Trinajstić information content (AvgIpc) is 2.57. The van der Waals surface area contributed by atoms with E-state index in [1.165, 1.54) is 6.20 Å². The fourth-order valence-corrected chi connectivity index (χ4v) is 2.98. The van der Waals surface area contributed by atoms with Crippen LogP contribution < -0.4 is 5.56 Å². The second-order valence-electron chi connectivity index (χ2n) is 6.02. The second kappa shape index (κ2) is 6.83. The molecule has 0 aliphatic carbocycles. The molecule has 0 bridgehead atoms. The highest BCUT2D eigenvalue weighted by molar-refractivity contribution is 5.89. The Kier molecular flexibility index (Phi) is 4.60. The molecule has 0 unspecified atom stereocenters. The lowest BCUT2D eigenvalue weighted by atomic mass is 9.94. The molecule has 124 valence electrons. The SMILES string of the molecule is CCOC(=O)c1cnc2n(c1=O)C[C@@H](C)C/C2=C\c1ccccc1. The summed E-state index contributed by atoms with van der Waals surface area (Å²) in [4.78, 5) is 29.0. The standard InChI is InChI=1S/C19H20N2O3/c1-3-24-19(23)16-11-20-17-15(10-14-7-5-4-6-8-14)9-13(2)12-21(17)18(16)22/h4-8,10-11,13H,3,9,12H2,1-2H3/b15-10+/t13-/m0/s1. The minimum absolute atomic E-state index is 0.00578. The molecule has 5 nitrogen and oxygen atoms in total. The highest BCUT2D eigenvalue weighted by Gasteiger charge is 2.25. The van der Waals surface area contributed by atoms with Gasteiger partial charge in [0.25, 0.3) is 5.56 Å². The smallest absolute Gasteiger partial charge is 0.345 e. The Labute approximate surface area is 140 Å². The first-order valence-corrected chi connectivity index (χ1v) is 8.13. The molecule has 0 N–H and O–H groups in total. The molecule has 0 radical (unpaired) electrons. The predicted octanol–water partition coefficient (Wildman–Crippen LogP) is 3.00. The van der Waals surface area contributed by atoms with Crippen LogP contribution in [0.2, 0.25) is 0 Å². The number of benzene rings is 1. The normalized spacial score (nSPS) is 18.2. The maximum atomic E-state index is 12.7. The summed E-state index contributed by atoms with van der Waals surface area (Å²) >= 11 is 0. The Morgan fingerprint density at radius 2 is 2.12 bits per heavy atom. The number of hydrogen-bond acceptors (Lipinski definition) is 4. The van der Waals surface area contributed by atoms with Crippen LogP contribution in [0, 0.1) is 5.92 Å². The summed E-state index contributed by atoms with van der Waals surface area (Å²) in [5.41, 5.74) is 1.74. The highest BCUT2D eigenvalue weighted by Crippen LogP contribution is 2.29. The number of carbonyl (C=O) groups is 1. The molecule has 2 aromatic rings. The summed E-state index contributed by atoms with van der Waals surface area (Å²) < 4.78 is 6.53. The summed E-state index contributed by atoms with van der Waals surface area (Å²) in [6.45, 7) is 4.59. The van der Waals surface area contributed by atoms with Crippen LogP contribution in [0.3, 0.4) is 0 Å². The van der Waals surface area contributed by atoms with Gasteiger partial charge in [-0.05, 0) is 36.5 Å². The van der Waals surface area contributed by atoms with Gasteiger partial charge in [-0.1, -0.05) is 37.3 Å². The van der Waals surface area contributed by atoms with Gasteiger partial charge in [-0.25, -0.2) is 9.78 Å². The van der Waals surface area contributed by atoms with Gasteiger partial charge >= 0.3 is 5.97 Å². The first-order valence-electron chi connectivity index (χ1n) is 8.13. The van der Waals surface area contributed by atoms with Crippen molar-refractivity contribution in [2.45, 2.75) is 26.8 Å². The van der Waals surface area contributed by atoms with E-state index >= 15 is 0 Å². The van der Waals surface area contributed by atoms with Gasteiger partial charge in [0.15, 0.2) is 0 Å². The third-order valence-corrected chi connectivity index (χ3v) is 4.03. The van der Waals surface area contributed by atoms with Crippen molar-refractivity contribution in [2.75, 3.05) is 6.61 Å². The minimum atomic E-state index is -0.614. The predicted molar refractivity (Wildman–Crippen MR) is 92.5 cm³/mol. The number of fused-ring (bicyclic) bond motifs is 1. The van der Waals surface area contributed by atoms with Crippen molar-refractivity contribution in [1.29, 1.82) is 0 Å². The Hall–Kier alpha value is -2.69. The zero-order valence-corrected chi connectivity index (χ0v) is 13.9. The summed E-state index contributed by atoms with van der Waals surface area (Å²) in [7, 11) is 0.